The number of hydrogen-bond donors (Lipinski definition) is 1. The smallest absolute Gasteiger partial charge is 0.253 e. The van der Waals surface area contributed by atoms with Gasteiger partial charge in [0.15, 0.2) is 5.65 Å². The lowest BCUT2D eigenvalue weighted by Crippen LogP contribution is -2.46. The highest BCUT2D eigenvalue weighted by molar-refractivity contribution is 6.08. The van der Waals surface area contributed by atoms with Crippen LogP contribution in [0.1, 0.15) is 37.0 Å². The first-order valence-corrected chi connectivity index (χ1v) is 11.3. The van der Waals surface area contributed by atoms with E-state index in [4.69, 9.17) is 4.98 Å². The zero-order chi connectivity index (χ0) is 22.2. The van der Waals surface area contributed by atoms with Gasteiger partial charge in [-0.05, 0) is 57.0 Å². The molecule has 2 aromatic carbocycles. The van der Waals surface area contributed by atoms with E-state index in [0.29, 0.717) is 37.4 Å². The predicted octanol–water partition coefficient (Wildman–Crippen LogP) is 3.98. The number of benzene rings is 2. The minimum atomic E-state index is -0.123. The molecule has 0 saturated carbocycles. The third kappa shape index (κ3) is 3.47. The maximum atomic E-state index is 13.3. The molecule has 1 fully saturated rings. The Balaban J connectivity index is 1.46. The van der Waals surface area contributed by atoms with Gasteiger partial charge < -0.3 is 14.8 Å². The molecule has 1 saturated heterocycles. The summed E-state index contributed by atoms with van der Waals surface area (Å²) in [5.41, 5.74) is 4.66. The van der Waals surface area contributed by atoms with Gasteiger partial charge in [0, 0.05) is 42.6 Å². The molecule has 4 aromatic rings. The molecule has 1 aliphatic rings. The van der Waals surface area contributed by atoms with Crippen molar-refractivity contribution in [2.75, 3.05) is 26.2 Å². The minimum absolute atomic E-state index is 0.0351. The molecule has 5 rings (SSSR count). The number of H-pyrrole nitrogens is 1. The van der Waals surface area contributed by atoms with Gasteiger partial charge in [-0.25, -0.2) is 9.97 Å². The molecule has 0 spiro atoms. The summed E-state index contributed by atoms with van der Waals surface area (Å²) in [6, 6.07) is 13.4. The van der Waals surface area contributed by atoms with E-state index in [9.17, 15) is 9.59 Å². The van der Waals surface area contributed by atoms with Gasteiger partial charge in [-0.2, -0.15) is 0 Å². The van der Waals surface area contributed by atoms with E-state index in [0.717, 1.165) is 40.3 Å². The molecule has 164 valence electrons. The van der Waals surface area contributed by atoms with Crippen LogP contribution in [0.5, 0.6) is 0 Å². The van der Waals surface area contributed by atoms with Crippen molar-refractivity contribution in [3.05, 3.63) is 48.0 Å². The number of carbonyl (C=O) groups excluding carboxylic acids is 2. The Hall–Kier alpha value is -3.48. The number of hydrogen-bond acceptors (Lipinski definition) is 4. The zero-order valence-electron chi connectivity index (χ0n) is 18.5. The first kappa shape index (κ1) is 20.4. The first-order valence-electron chi connectivity index (χ1n) is 11.3. The number of rotatable bonds is 4. The van der Waals surface area contributed by atoms with Gasteiger partial charge in [0.2, 0.25) is 5.91 Å². The molecule has 1 atom stereocenters. The fraction of sp³-hybridized carbons (Fsp3) is 0.360. The van der Waals surface area contributed by atoms with Crippen LogP contribution < -0.4 is 0 Å². The average molecular weight is 430 g/mol. The Labute approximate surface area is 186 Å². The largest absolute Gasteiger partial charge is 0.343 e. The molecule has 0 unspecified atom stereocenters. The molecule has 7 nitrogen and oxygen atoms in total. The second-order valence-electron chi connectivity index (χ2n) is 8.40. The van der Waals surface area contributed by atoms with Crippen LogP contribution in [-0.4, -0.2) is 62.7 Å². The van der Waals surface area contributed by atoms with Crippen molar-refractivity contribution in [2.24, 2.45) is 5.92 Å². The maximum absolute atomic E-state index is 13.3. The third-order valence-corrected chi connectivity index (χ3v) is 6.48. The van der Waals surface area contributed by atoms with Gasteiger partial charge in [0.1, 0.15) is 5.52 Å². The molecule has 0 aliphatic carbocycles. The lowest BCUT2D eigenvalue weighted by atomic mass is 9.95. The van der Waals surface area contributed by atoms with Crippen LogP contribution in [0.4, 0.5) is 0 Å². The number of nitrogens with zero attached hydrogens (tertiary/aromatic N) is 4. The van der Waals surface area contributed by atoms with Crippen molar-refractivity contribution in [3.63, 3.8) is 0 Å². The number of fused-ring (bicyclic) bond motifs is 4. The SMILES string of the molecule is CCN(CC)C(=O)[C@@H]1CCCN(C(=O)c2ccc3[nH]c4nc5ccccc5nc4c3c2)C1. The summed E-state index contributed by atoms with van der Waals surface area (Å²) in [6.07, 6.45) is 1.68. The van der Waals surface area contributed by atoms with Crippen LogP contribution in [0.15, 0.2) is 42.5 Å². The number of piperidine rings is 1. The van der Waals surface area contributed by atoms with E-state index in [1.807, 2.05) is 66.1 Å². The molecule has 7 heteroatoms. The topological polar surface area (TPSA) is 82.2 Å². The van der Waals surface area contributed by atoms with Gasteiger partial charge in [-0.3, -0.25) is 9.59 Å². The monoisotopic (exact) mass is 429 g/mol. The van der Waals surface area contributed by atoms with Crippen LogP contribution in [0.3, 0.4) is 0 Å². The fourth-order valence-corrected chi connectivity index (χ4v) is 4.72. The van der Waals surface area contributed by atoms with E-state index in [1.165, 1.54) is 0 Å². The van der Waals surface area contributed by atoms with Gasteiger partial charge >= 0.3 is 0 Å². The van der Waals surface area contributed by atoms with Gasteiger partial charge in [0.05, 0.1) is 17.0 Å². The van der Waals surface area contributed by atoms with E-state index < -0.39 is 0 Å². The quantitative estimate of drug-likeness (QED) is 0.532. The van der Waals surface area contributed by atoms with Crippen LogP contribution in [0.25, 0.3) is 33.1 Å². The first-order chi connectivity index (χ1) is 15.6. The van der Waals surface area contributed by atoms with Gasteiger partial charge in [0.25, 0.3) is 5.91 Å². The summed E-state index contributed by atoms with van der Waals surface area (Å²) < 4.78 is 0. The van der Waals surface area contributed by atoms with Gasteiger partial charge in [-0.15, -0.1) is 0 Å². The van der Waals surface area contributed by atoms with Crippen molar-refractivity contribution in [1.29, 1.82) is 0 Å². The summed E-state index contributed by atoms with van der Waals surface area (Å²) in [4.78, 5) is 42.6. The molecular weight excluding hydrogens is 402 g/mol. The highest BCUT2D eigenvalue weighted by Crippen LogP contribution is 2.27. The number of aromatic amines is 1. The summed E-state index contributed by atoms with van der Waals surface area (Å²) in [6.45, 7) is 6.55. The van der Waals surface area contributed by atoms with Crippen molar-refractivity contribution in [1.82, 2.24) is 24.8 Å². The molecule has 0 radical (unpaired) electrons. The molecule has 0 bridgehead atoms. The Morgan fingerprint density at radius 1 is 1.09 bits per heavy atom. The van der Waals surface area contributed by atoms with E-state index in [-0.39, 0.29) is 17.7 Å². The minimum Gasteiger partial charge on any atom is -0.343 e. The maximum Gasteiger partial charge on any atom is 0.253 e. The molecule has 2 amide bonds. The highest BCUT2D eigenvalue weighted by atomic mass is 16.2. The second kappa shape index (κ2) is 8.22. The van der Waals surface area contributed by atoms with Crippen molar-refractivity contribution < 1.29 is 9.59 Å². The number of nitrogens with one attached hydrogen (secondary N) is 1. The summed E-state index contributed by atoms with van der Waals surface area (Å²) in [5, 5.41) is 0.886. The van der Waals surface area contributed by atoms with Crippen LogP contribution in [0, 0.1) is 5.92 Å². The molecule has 3 heterocycles. The predicted molar refractivity (Wildman–Crippen MR) is 125 cm³/mol. The molecule has 32 heavy (non-hydrogen) atoms. The summed E-state index contributed by atoms with van der Waals surface area (Å²) in [5.74, 6) is -0.00423. The fourth-order valence-electron chi connectivity index (χ4n) is 4.72. The third-order valence-electron chi connectivity index (χ3n) is 6.48. The van der Waals surface area contributed by atoms with E-state index >= 15 is 0 Å². The number of aromatic nitrogens is 3. The normalized spacial score (nSPS) is 16.7. The van der Waals surface area contributed by atoms with Crippen LogP contribution >= 0.6 is 0 Å². The number of amides is 2. The van der Waals surface area contributed by atoms with Gasteiger partial charge in [-0.1, -0.05) is 12.1 Å². The molecular formula is C25H27N5O2. The van der Waals surface area contributed by atoms with Crippen molar-refractivity contribution in [3.8, 4) is 0 Å². The standard InChI is InChI=1S/C25H27N5O2/c1-3-29(4-2)25(32)17-8-7-13-30(15-17)24(31)16-11-12-19-18(14-16)22-23(27-19)28-21-10-6-5-9-20(21)26-22/h5-6,9-12,14,17H,3-4,7-8,13,15H2,1-2H3,(H,27,28)/t17-/m1/s1. The number of carbonyl (C=O) groups is 2. The molecule has 2 aromatic heterocycles. The number of para-hydroxylation sites is 2. The Bertz CT molecular complexity index is 1320. The van der Waals surface area contributed by atoms with Crippen LogP contribution in [0.2, 0.25) is 0 Å². The van der Waals surface area contributed by atoms with Crippen molar-refractivity contribution >= 4 is 44.9 Å². The molecule has 1 aliphatic heterocycles. The second-order valence-corrected chi connectivity index (χ2v) is 8.40. The Morgan fingerprint density at radius 2 is 1.84 bits per heavy atom. The average Bonchev–Trinajstić information content (AvgIpc) is 3.19. The van der Waals surface area contributed by atoms with E-state index in [2.05, 4.69) is 9.97 Å². The molecule has 1 N–H and O–H groups in total. The lowest BCUT2D eigenvalue weighted by molar-refractivity contribution is -0.136. The van der Waals surface area contributed by atoms with E-state index in [1.54, 1.807) is 0 Å². The van der Waals surface area contributed by atoms with Crippen molar-refractivity contribution in [2.45, 2.75) is 26.7 Å². The van der Waals surface area contributed by atoms with Crippen LogP contribution in [-0.2, 0) is 4.79 Å². The Morgan fingerprint density at radius 3 is 2.59 bits per heavy atom. The number of likely N-dealkylation sites (tertiary alicyclic amines) is 1. The summed E-state index contributed by atoms with van der Waals surface area (Å²) >= 11 is 0. The Kier molecular flexibility index (Phi) is 5.25. The zero-order valence-corrected chi connectivity index (χ0v) is 18.5. The lowest BCUT2D eigenvalue weighted by Gasteiger charge is -2.34. The summed E-state index contributed by atoms with van der Waals surface area (Å²) in [7, 11) is 0. The highest BCUT2D eigenvalue weighted by Gasteiger charge is 2.31.